The molecule has 2 amide bonds. The second-order valence-corrected chi connectivity index (χ2v) is 10.1. The van der Waals surface area contributed by atoms with Gasteiger partial charge in [-0.2, -0.15) is 5.10 Å². The number of H-pyrrole nitrogens is 1. The molecule has 2 aromatic carbocycles. The molecule has 1 aliphatic rings. The fraction of sp³-hybridized carbons (Fsp3) is 0.194. The number of nitrogens with one attached hydrogen (secondary N) is 3. The summed E-state index contributed by atoms with van der Waals surface area (Å²) >= 11 is 0. The SMILES string of the molecule is Cc1ccnc(NC(=O)c2ccc(Oc3ccnc4[nH]nc(N[C@@H]5CCCN(C(=O)c6ccc(F)cc6)C5)c34)cc2)c1. The topological polar surface area (TPSA) is 125 Å². The Labute approximate surface area is 240 Å². The minimum Gasteiger partial charge on any atom is -0.456 e. The Hall–Kier alpha value is -5.32. The number of benzene rings is 2. The Morgan fingerprint density at radius 2 is 1.76 bits per heavy atom. The lowest BCUT2D eigenvalue weighted by atomic mass is 10.0. The maximum absolute atomic E-state index is 13.3. The van der Waals surface area contributed by atoms with Crippen LogP contribution >= 0.6 is 0 Å². The number of likely N-dealkylation sites (tertiary alicyclic amines) is 1. The number of aromatic amines is 1. The van der Waals surface area contributed by atoms with Crippen molar-refractivity contribution in [3.63, 3.8) is 0 Å². The monoisotopic (exact) mass is 565 g/mol. The number of carbonyl (C=O) groups excluding carboxylic acids is 2. The van der Waals surface area contributed by atoms with E-state index in [0.29, 0.717) is 58.4 Å². The van der Waals surface area contributed by atoms with Crippen LogP contribution in [-0.4, -0.2) is 56.0 Å². The van der Waals surface area contributed by atoms with Gasteiger partial charge in [-0.05, 0) is 86.0 Å². The Balaban J connectivity index is 1.15. The summed E-state index contributed by atoms with van der Waals surface area (Å²) in [5, 5.41) is 14.3. The van der Waals surface area contributed by atoms with Gasteiger partial charge in [-0.15, -0.1) is 0 Å². The van der Waals surface area contributed by atoms with Crippen molar-refractivity contribution < 1.29 is 18.7 Å². The first-order chi connectivity index (χ1) is 20.4. The molecule has 0 bridgehead atoms. The van der Waals surface area contributed by atoms with Crippen molar-refractivity contribution in [2.75, 3.05) is 23.7 Å². The molecule has 0 radical (unpaired) electrons. The van der Waals surface area contributed by atoms with Crippen LogP contribution < -0.4 is 15.4 Å². The highest BCUT2D eigenvalue weighted by atomic mass is 19.1. The van der Waals surface area contributed by atoms with Crippen molar-refractivity contribution in [3.05, 3.63) is 102 Å². The predicted molar refractivity (Wildman–Crippen MR) is 156 cm³/mol. The van der Waals surface area contributed by atoms with Crippen LogP contribution in [0.25, 0.3) is 11.0 Å². The van der Waals surface area contributed by atoms with Gasteiger partial charge in [0.25, 0.3) is 11.8 Å². The summed E-state index contributed by atoms with van der Waals surface area (Å²) in [6.07, 6.45) is 4.93. The van der Waals surface area contributed by atoms with Gasteiger partial charge in [0.05, 0.1) is 0 Å². The van der Waals surface area contributed by atoms with E-state index in [-0.39, 0.29) is 23.7 Å². The van der Waals surface area contributed by atoms with E-state index in [1.807, 2.05) is 13.0 Å². The Morgan fingerprint density at radius 1 is 1.00 bits per heavy atom. The lowest BCUT2D eigenvalue weighted by Crippen LogP contribution is -2.45. The van der Waals surface area contributed by atoms with Crippen LogP contribution in [0.1, 0.15) is 39.1 Å². The molecule has 1 saturated heterocycles. The number of nitrogens with zero attached hydrogens (tertiary/aromatic N) is 4. The van der Waals surface area contributed by atoms with Crippen molar-refractivity contribution in [1.29, 1.82) is 0 Å². The van der Waals surface area contributed by atoms with Crippen LogP contribution in [0.2, 0.25) is 0 Å². The van der Waals surface area contributed by atoms with E-state index >= 15 is 0 Å². The van der Waals surface area contributed by atoms with Gasteiger partial charge in [-0.25, -0.2) is 14.4 Å². The summed E-state index contributed by atoms with van der Waals surface area (Å²) in [6, 6.07) is 17.8. The van der Waals surface area contributed by atoms with E-state index in [1.165, 1.54) is 24.3 Å². The van der Waals surface area contributed by atoms with Gasteiger partial charge in [0.1, 0.15) is 28.5 Å². The molecule has 42 heavy (non-hydrogen) atoms. The Morgan fingerprint density at radius 3 is 2.55 bits per heavy atom. The first-order valence-corrected chi connectivity index (χ1v) is 13.6. The van der Waals surface area contributed by atoms with Crippen molar-refractivity contribution in [1.82, 2.24) is 25.1 Å². The van der Waals surface area contributed by atoms with Gasteiger partial charge in [0.2, 0.25) is 0 Å². The number of rotatable bonds is 7. The van der Waals surface area contributed by atoms with Gasteiger partial charge in [0, 0.05) is 48.7 Å². The molecule has 4 heterocycles. The molecule has 3 aromatic heterocycles. The van der Waals surface area contributed by atoms with E-state index in [2.05, 4.69) is 30.8 Å². The van der Waals surface area contributed by atoms with Crippen LogP contribution in [0.15, 0.2) is 79.1 Å². The summed E-state index contributed by atoms with van der Waals surface area (Å²) in [7, 11) is 0. The highest BCUT2D eigenvalue weighted by Crippen LogP contribution is 2.33. The average Bonchev–Trinajstić information content (AvgIpc) is 3.41. The molecule has 1 aliphatic heterocycles. The van der Waals surface area contributed by atoms with Crippen molar-refractivity contribution >= 4 is 34.5 Å². The molecule has 3 N–H and O–H groups in total. The number of carbonyl (C=O) groups is 2. The number of aryl methyl sites for hydroxylation is 1. The number of pyridine rings is 2. The third-order valence-electron chi connectivity index (χ3n) is 7.07. The second-order valence-electron chi connectivity index (χ2n) is 10.1. The van der Waals surface area contributed by atoms with Gasteiger partial charge < -0.3 is 20.3 Å². The van der Waals surface area contributed by atoms with E-state index in [1.54, 1.807) is 53.7 Å². The van der Waals surface area contributed by atoms with E-state index in [4.69, 9.17) is 4.74 Å². The van der Waals surface area contributed by atoms with Crippen LogP contribution in [0.4, 0.5) is 16.0 Å². The van der Waals surface area contributed by atoms with Gasteiger partial charge in [0.15, 0.2) is 11.5 Å². The van der Waals surface area contributed by atoms with E-state index in [0.717, 1.165) is 18.4 Å². The third kappa shape index (κ3) is 5.90. The van der Waals surface area contributed by atoms with Crippen LogP contribution in [-0.2, 0) is 0 Å². The number of aromatic nitrogens is 4. The summed E-state index contributed by atoms with van der Waals surface area (Å²) < 4.78 is 19.5. The number of piperidine rings is 1. The first-order valence-electron chi connectivity index (χ1n) is 13.6. The molecule has 5 aromatic rings. The van der Waals surface area contributed by atoms with Crippen molar-refractivity contribution in [2.45, 2.75) is 25.8 Å². The molecule has 0 aliphatic carbocycles. The number of hydrogen-bond acceptors (Lipinski definition) is 7. The van der Waals surface area contributed by atoms with Gasteiger partial charge >= 0.3 is 0 Å². The molecule has 212 valence electrons. The molecule has 11 heteroatoms. The second kappa shape index (κ2) is 11.7. The maximum Gasteiger partial charge on any atom is 0.256 e. The first kappa shape index (κ1) is 26.9. The predicted octanol–water partition coefficient (Wildman–Crippen LogP) is 5.56. The van der Waals surface area contributed by atoms with Gasteiger partial charge in [-0.1, -0.05) is 0 Å². The summed E-state index contributed by atoms with van der Waals surface area (Å²) in [5.41, 5.74) is 2.47. The average molecular weight is 566 g/mol. The lowest BCUT2D eigenvalue weighted by molar-refractivity contribution is 0.0714. The summed E-state index contributed by atoms with van der Waals surface area (Å²) in [6.45, 7) is 3.03. The normalized spacial score (nSPS) is 14.9. The third-order valence-corrected chi connectivity index (χ3v) is 7.07. The highest BCUT2D eigenvalue weighted by molar-refractivity contribution is 6.03. The molecular formula is C31H28FN7O3. The molecular weight excluding hydrogens is 537 g/mol. The van der Waals surface area contributed by atoms with Crippen molar-refractivity contribution in [2.24, 2.45) is 0 Å². The Bertz CT molecular complexity index is 1740. The molecule has 6 rings (SSSR count). The number of amides is 2. The lowest BCUT2D eigenvalue weighted by Gasteiger charge is -2.33. The van der Waals surface area contributed by atoms with E-state index in [9.17, 15) is 14.0 Å². The standard InChI is InChI=1S/C31H28FN7O3/c1-19-12-14-33-26(17-19)36-30(40)20-6-10-24(11-7-20)42-25-13-15-34-28-27(25)29(38-37-28)35-23-3-2-16-39(18-23)31(41)21-4-8-22(32)9-5-21/h4-15,17,23H,2-3,16,18H2,1H3,(H,33,36,40)(H2,34,35,37,38)/t23-/m1/s1. The number of anilines is 2. The minimum absolute atomic E-state index is 0.0524. The maximum atomic E-state index is 13.3. The highest BCUT2D eigenvalue weighted by Gasteiger charge is 2.26. The summed E-state index contributed by atoms with van der Waals surface area (Å²) in [5.74, 6) is 1.34. The fourth-order valence-corrected chi connectivity index (χ4v) is 4.95. The van der Waals surface area contributed by atoms with E-state index < -0.39 is 0 Å². The molecule has 1 fully saturated rings. The Kier molecular flexibility index (Phi) is 7.46. The minimum atomic E-state index is -0.376. The molecule has 0 saturated carbocycles. The fourth-order valence-electron chi connectivity index (χ4n) is 4.95. The van der Waals surface area contributed by atoms with Crippen LogP contribution in [0.3, 0.4) is 0 Å². The van der Waals surface area contributed by atoms with Crippen molar-refractivity contribution in [3.8, 4) is 11.5 Å². The zero-order chi connectivity index (χ0) is 29.1. The number of hydrogen-bond donors (Lipinski definition) is 3. The zero-order valence-electron chi connectivity index (χ0n) is 22.8. The molecule has 1 atom stereocenters. The van der Waals surface area contributed by atoms with Gasteiger partial charge in [-0.3, -0.25) is 14.7 Å². The number of halogens is 1. The largest absolute Gasteiger partial charge is 0.456 e. The van der Waals surface area contributed by atoms with Crippen LogP contribution in [0, 0.1) is 12.7 Å². The smallest absolute Gasteiger partial charge is 0.256 e. The molecule has 0 unspecified atom stereocenters. The summed E-state index contributed by atoms with van der Waals surface area (Å²) in [4.78, 5) is 36.0. The zero-order valence-corrected chi connectivity index (χ0v) is 22.8. The number of fused-ring (bicyclic) bond motifs is 1. The molecule has 10 nitrogen and oxygen atoms in total. The number of ether oxygens (including phenoxy) is 1. The quantitative estimate of drug-likeness (QED) is 0.236. The molecule has 0 spiro atoms. The van der Waals surface area contributed by atoms with Crippen LogP contribution in [0.5, 0.6) is 11.5 Å².